The lowest BCUT2D eigenvalue weighted by Gasteiger charge is -1.99. The third-order valence-corrected chi connectivity index (χ3v) is 4.24. The summed E-state index contributed by atoms with van der Waals surface area (Å²) in [5.74, 6) is 0.233. The molecule has 0 bridgehead atoms. The number of carboxylic acids is 2. The van der Waals surface area contributed by atoms with Crippen molar-refractivity contribution in [2.24, 2.45) is 0 Å². The van der Waals surface area contributed by atoms with Crippen LogP contribution in [0, 0.1) is 19.3 Å². The van der Waals surface area contributed by atoms with Gasteiger partial charge in [-0.1, -0.05) is 24.1 Å². The van der Waals surface area contributed by atoms with Crippen LogP contribution in [-0.4, -0.2) is 42.5 Å². The smallest absolute Gasteiger partial charge is 0.328 e. The molecule has 154 valence electrons. The first-order valence-corrected chi connectivity index (χ1v) is 9.00. The number of nitrogens with zero attached hydrogens (tertiary/aromatic N) is 2. The van der Waals surface area contributed by atoms with E-state index >= 15 is 0 Å². The number of rotatable bonds is 7. The number of hydrogen-bond donors (Lipinski definition) is 3. The first-order valence-electron chi connectivity index (χ1n) is 9.00. The van der Waals surface area contributed by atoms with Crippen LogP contribution < -0.4 is 0 Å². The Labute approximate surface area is 172 Å². The monoisotopic (exact) mass is 407 g/mol. The van der Waals surface area contributed by atoms with Crippen LogP contribution in [0.4, 0.5) is 0 Å². The number of para-hydroxylation sites is 1. The lowest BCUT2D eigenvalue weighted by molar-refractivity contribution is -0.134. The molecule has 8 heteroatoms. The second-order valence-corrected chi connectivity index (χ2v) is 6.30. The number of hydrogen-bond acceptors (Lipinski definition) is 4. The van der Waals surface area contributed by atoms with Crippen LogP contribution in [-0.2, 0) is 22.6 Å². The van der Waals surface area contributed by atoms with Crippen molar-refractivity contribution in [3.8, 4) is 12.3 Å². The maximum atomic E-state index is 12.6. The third-order valence-electron chi connectivity index (χ3n) is 4.24. The molecule has 0 saturated carbocycles. The van der Waals surface area contributed by atoms with Crippen LogP contribution in [0.5, 0.6) is 0 Å². The number of carbonyl (C=O) groups excluding carboxylic acids is 1. The van der Waals surface area contributed by atoms with Gasteiger partial charge in [0, 0.05) is 46.9 Å². The zero-order valence-electron chi connectivity index (χ0n) is 16.3. The Morgan fingerprint density at radius 3 is 2.43 bits per heavy atom. The number of Topliss-reactive ketones (excluding diaryl/α,β-unsaturated/α-hetero) is 1. The summed E-state index contributed by atoms with van der Waals surface area (Å²) in [7, 11) is 0. The number of imidazole rings is 1. The minimum Gasteiger partial charge on any atom is -0.478 e. The lowest BCUT2D eigenvalue weighted by atomic mass is 10.0. The molecule has 2 heterocycles. The van der Waals surface area contributed by atoms with E-state index in [9.17, 15) is 14.4 Å². The summed E-state index contributed by atoms with van der Waals surface area (Å²) in [4.78, 5) is 39.0. The van der Waals surface area contributed by atoms with Gasteiger partial charge in [0.25, 0.3) is 0 Å². The maximum absolute atomic E-state index is 12.6. The van der Waals surface area contributed by atoms with Crippen molar-refractivity contribution in [1.82, 2.24) is 14.5 Å². The van der Waals surface area contributed by atoms with E-state index in [0.717, 1.165) is 27.9 Å². The Morgan fingerprint density at radius 1 is 1.20 bits per heavy atom. The fourth-order valence-electron chi connectivity index (χ4n) is 2.85. The van der Waals surface area contributed by atoms with Gasteiger partial charge in [-0.05, 0) is 19.4 Å². The maximum Gasteiger partial charge on any atom is 0.328 e. The van der Waals surface area contributed by atoms with Gasteiger partial charge in [0.1, 0.15) is 0 Å². The molecule has 0 atom stereocenters. The van der Waals surface area contributed by atoms with Crippen molar-refractivity contribution in [2.75, 3.05) is 0 Å². The predicted molar refractivity (Wildman–Crippen MR) is 111 cm³/mol. The van der Waals surface area contributed by atoms with Crippen molar-refractivity contribution in [1.29, 1.82) is 0 Å². The summed E-state index contributed by atoms with van der Waals surface area (Å²) >= 11 is 0. The van der Waals surface area contributed by atoms with Crippen molar-refractivity contribution < 1.29 is 24.6 Å². The van der Waals surface area contributed by atoms with Gasteiger partial charge in [-0.3, -0.25) is 4.79 Å². The van der Waals surface area contributed by atoms with Gasteiger partial charge in [-0.15, -0.1) is 6.42 Å². The number of fused-ring (bicyclic) bond motifs is 1. The molecular formula is C22H21N3O5. The number of nitrogens with one attached hydrogen (secondary N) is 1. The van der Waals surface area contributed by atoms with E-state index < -0.39 is 11.9 Å². The highest BCUT2D eigenvalue weighted by molar-refractivity contribution is 6.08. The second-order valence-electron chi connectivity index (χ2n) is 6.30. The fourth-order valence-corrected chi connectivity index (χ4v) is 2.85. The van der Waals surface area contributed by atoms with Crippen molar-refractivity contribution >= 4 is 28.6 Å². The molecule has 0 amide bonds. The summed E-state index contributed by atoms with van der Waals surface area (Å²) in [5.41, 5.74) is 3.70. The molecule has 8 nitrogen and oxygen atoms in total. The van der Waals surface area contributed by atoms with Crippen LogP contribution in [0.3, 0.4) is 0 Å². The molecule has 0 unspecified atom stereocenters. The molecule has 3 aromatic rings. The van der Waals surface area contributed by atoms with E-state index in [2.05, 4.69) is 15.9 Å². The quantitative estimate of drug-likeness (QED) is 0.314. The molecule has 3 rings (SSSR count). The number of H-pyrrole nitrogens is 1. The molecule has 2 aromatic heterocycles. The standard InChI is InChI=1S/C18H17N3O.C4H4O4/c1-3-10-21-11-15(14-6-4-5-7-17(14)21)18(22)9-8-16-13(2)19-12-20-16;5-3(6)1-2-4(7)8/h1,4-7,11-12H,8-10H2,2H3,(H,19,20);1-2H,(H,5,6)(H,7,8). The van der Waals surface area contributed by atoms with E-state index in [1.165, 1.54) is 0 Å². The van der Waals surface area contributed by atoms with Gasteiger partial charge in [0.05, 0.1) is 18.6 Å². The topological polar surface area (TPSA) is 125 Å². The van der Waals surface area contributed by atoms with Gasteiger partial charge < -0.3 is 19.8 Å². The molecule has 0 saturated heterocycles. The molecule has 0 aliphatic carbocycles. The van der Waals surface area contributed by atoms with Crippen LogP contribution in [0.15, 0.2) is 48.9 Å². The first-order chi connectivity index (χ1) is 14.3. The van der Waals surface area contributed by atoms with Gasteiger partial charge in [-0.25, -0.2) is 14.6 Å². The average Bonchev–Trinajstić information content (AvgIpc) is 3.29. The molecule has 0 aliphatic heterocycles. The Balaban J connectivity index is 0.000000343. The molecule has 3 N–H and O–H groups in total. The summed E-state index contributed by atoms with van der Waals surface area (Å²) in [6.07, 6.45) is 11.1. The van der Waals surface area contributed by atoms with E-state index in [4.69, 9.17) is 16.6 Å². The number of aryl methyl sites for hydroxylation is 2. The molecular weight excluding hydrogens is 386 g/mol. The van der Waals surface area contributed by atoms with Crippen LogP contribution in [0.1, 0.15) is 28.2 Å². The van der Waals surface area contributed by atoms with E-state index in [1.54, 1.807) is 6.33 Å². The predicted octanol–water partition coefficient (Wildman–Crippen LogP) is 2.83. The Bertz CT molecular complexity index is 1120. The van der Waals surface area contributed by atoms with E-state index in [1.807, 2.05) is 42.0 Å². The van der Waals surface area contributed by atoms with Gasteiger partial charge in [-0.2, -0.15) is 0 Å². The van der Waals surface area contributed by atoms with Gasteiger partial charge in [0.2, 0.25) is 0 Å². The van der Waals surface area contributed by atoms with Crippen molar-refractivity contribution in [2.45, 2.75) is 26.3 Å². The van der Waals surface area contributed by atoms with Gasteiger partial charge >= 0.3 is 11.9 Å². The molecule has 0 aliphatic rings. The number of terminal acetylenes is 1. The number of aromatic nitrogens is 3. The van der Waals surface area contributed by atoms with Crippen LogP contribution in [0.2, 0.25) is 0 Å². The Morgan fingerprint density at radius 2 is 1.87 bits per heavy atom. The summed E-state index contributed by atoms with van der Waals surface area (Å²) < 4.78 is 1.95. The minimum absolute atomic E-state index is 0.120. The SMILES string of the molecule is C#CCn1cc(C(=O)CCc2nc[nH]c2C)c2ccccc21.O=C(O)C=CC(=O)O. The summed E-state index contributed by atoms with van der Waals surface area (Å²) in [6, 6.07) is 7.85. The van der Waals surface area contributed by atoms with Gasteiger partial charge in [0.15, 0.2) is 5.78 Å². The highest BCUT2D eigenvalue weighted by Crippen LogP contribution is 2.23. The number of benzene rings is 1. The van der Waals surface area contributed by atoms with Crippen molar-refractivity contribution in [3.05, 3.63) is 65.9 Å². The average molecular weight is 407 g/mol. The molecule has 1 aromatic carbocycles. The lowest BCUT2D eigenvalue weighted by Crippen LogP contribution is -2.02. The highest BCUT2D eigenvalue weighted by Gasteiger charge is 2.15. The number of carboxylic acid groups (broad SMARTS) is 2. The Hall–Kier alpha value is -4.12. The first kappa shape index (κ1) is 22.2. The van der Waals surface area contributed by atoms with Crippen LogP contribution in [0.25, 0.3) is 10.9 Å². The Kier molecular flexibility index (Phi) is 7.71. The normalized spacial score (nSPS) is 10.4. The number of aromatic amines is 1. The molecule has 0 radical (unpaired) electrons. The second kappa shape index (κ2) is 10.4. The number of carbonyl (C=O) groups is 3. The minimum atomic E-state index is -1.26. The summed E-state index contributed by atoms with van der Waals surface area (Å²) in [6.45, 7) is 2.43. The third kappa shape index (κ3) is 5.94. The van der Waals surface area contributed by atoms with E-state index in [-0.39, 0.29) is 5.78 Å². The number of aliphatic carboxylic acids is 2. The molecule has 30 heavy (non-hydrogen) atoms. The number of ketones is 1. The van der Waals surface area contributed by atoms with Crippen LogP contribution >= 0.6 is 0 Å². The molecule has 0 spiro atoms. The zero-order valence-corrected chi connectivity index (χ0v) is 16.3. The highest BCUT2D eigenvalue weighted by atomic mass is 16.4. The largest absolute Gasteiger partial charge is 0.478 e. The summed E-state index contributed by atoms with van der Waals surface area (Å²) in [5, 5.41) is 16.6. The van der Waals surface area contributed by atoms with E-state index in [0.29, 0.717) is 31.5 Å². The fraction of sp³-hybridized carbons (Fsp3) is 0.182. The molecule has 0 fully saturated rings. The zero-order chi connectivity index (χ0) is 22.1. The van der Waals surface area contributed by atoms with Crippen molar-refractivity contribution in [3.63, 3.8) is 0 Å².